The third-order valence-electron chi connectivity index (χ3n) is 9.82. The minimum Gasteiger partial charge on any atom is -0.490 e. The summed E-state index contributed by atoms with van der Waals surface area (Å²) in [6, 6.07) is 2.88. The van der Waals surface area contributed by atoms with E-state index in [9.17, 15) is 24.9 Å². The van der Waals surface area contributed by atoms with Crippen molar-refractivity contribution in [1.29, 1.82) is 0 Å². The summed E-state index contributed by atoms with van der Waals surface area (Å²) in [6.45, 7) is 12.3. The zero-order valence-corrected chi connectivity index (χ0v) is 24.6. The zero-order chi connectivity index (χ0) is 30.7. The summed E-state index contributed by atoms with van der Waals surface area (Å²) in [7, 11) is 0. The van der Waals surface area contributed by atoms with Crippen LogP contribution in [0.3, 0.4) is 0 Å². The van der Waals surface area contributed by atoms with E-state index in [0.29, 0.717) is 12.2 Å². The molecule has 0 amide bonds. The highest BCUT2D eigenvalue weighted by molar-refractivity contribution is 5.89. The molecule has 2 saturated carbocycles. The van der Waals surface area contributed by atoms with Gasteiger partial charge in [-0.2, -0.15) is 0 Å². The van der Waals surface area contributed by atoms with E-state index >= 15 is 0 Å². The molecule has 0 radical (unpaired) electrons. The first kappa shape index (κ1) is 30.3. The van der Waals surface area contributed by atoms with Gasteiger partial charge in [-0.25, -0.2) is 9.59 Å². The molecule has 3 fully saturated rings. The third-order valence-corrected chi connectivity index (χ3v) is 9.82. The number of hydrogen-bond donors (Lipinski definition) is 3. The molecule has 3 aliphatic rings. The van der Waals surface area contributed by atoms with Crippen molar-refractivity contribution in [1.82, 2.24) is 0 Å². The normalized spacial score (nSPS) is 37.4. The van der Waals surface area contributed by atoms with Gasteiger partial charge in [0.2, 0.25) is 0 Å². The molecule has 1 saturated heterocycles. The molecule has 230 valence electrons. The minimum atomic E-state index is -1.90. The summed E-state index contributed by atoms with van der Waals surface area (Å²) in [5.74, 6) is -1.87. The molecule has 9 atom stereocenters. The second-order valence-electron chi connectivity index (χ2n) is 12.6. The number of aliphatic hydroxyl groups is 3. The van der Waals surface area contributed by atoms with E-state index in [4.69, 9.17) is 27.8 Å². The predicted molar refractivity (Wildman–Crippen MR) is 146 cm³/mol. The molecule has 11 nitrogen and oxygen atoms in total. The lowest BCUT2D eigenvalue weighted by Gasteiger charge is -2.65. The number of aliphatic hydroxyl groups excluding tert-OH is 2. The summed E-state index contributed by atoms with van der Waals surface area (Å²) in [4.78, 5) is 26.6. The van der Waals surface area contributed by atoms with Gasteiger partial charge in [-0.15, -0.1) is 0 Å². The van der Waals surface area contributed by atoms with E-state index in [2.05, 4.69) is 6.58 Å². The molecule has 1 spiro atoms. The van der Waals surface area contributed by atoms with Gasteiger partial charge in [0.05, 0.1) is 53.3 Å². The number of carbonyl (C=O) groups excluding carboxylic acids is 2. The summed E-state index contributed by atoms with van der Waals surface area (Å²) < 4.78 is 35.4. The van der Waals surface area contributed by atoms with E-state index in [0.717, 1.165) is 0 Å². The summed E-state index contributed by atoms with van der Waals surface area (Å²) in [5, 5.41) is 35.7. The van der Waals surface area contributed by atoms with E-state index in [1.54, 1.807) is 13.8 Å². The zero-order valence-electron chi connectivity index (χ0n) is 24.6. The average molecular weight is 589 g/mol. The smallest absolute Gasteiger partial charge is 0.341 e. The Labute approximate surface area is 244 Å². The van der Waals surface area contributed by atoms with Crippen molar-refractivity contribution in [3.8, 4) is 0 Å². The van der Waals surface area contributed by atoms with Gasteiger partial charge in [-0.05, 0) is 45.7 Å². The maximum Gasteiger partial charge on any atom is 0.341 e. The van der Waals surface area contributed by atoms with Crippen LogP contribution in [0.4, 0.5) is 0 Å². The minimum absolute atomic E-state index is 0.0637. The number of fused-ring (bicyclic) bond motifs is 1. The van der Waals surface area contributed by atoms with Crippen molar-refractivity contribution >= 4 is 11.9 Å². The second kappa shape index (κ2) is 10.6. The second-order valence-corrected chi connectivity index (χ2v) is 12.6. The lowest BCUT2D eigenvalue weighted by molar-refractivity contribution is -0.355. The number of esters is 2. The van der Waals surface area contributed by atoms with Gasteiger partial charge in [0.15, 0.2) is 0 Å². The number of ether oxygens (including phenoxy) is 4. The van der Waals surface area contributed by atoms with Crippen LogP contribution in [0.2, 0.25) is 0 Å². The van der Waals surface area contributed by atoms with Crippen molar-refractivity contribution in [2.45, 2.75) is 95.1 Å². The maximum atomic E-state index is 13.4. The van der Waals surface area contributed by atoms with E-state index in [1.165, 1.54) is 44.1 Å². The lowest BCUT2D eigenvalue weighted by Crippen LogP contribution is -2.83. The van der Waals surface area contributed by atoms with Gasteiger partial charge in [0, 0.05) is 18.3 Å². The van der Waals surface area contributed by atoms with E-state index in [1.807, 2.05) is 13.8 Å². The van der Waals surface area contributed by atoms with Gasteiger partial charge in [-0.1, -0.05) is 20.4 Å². The van der Waals surface area contributed by atoms with Crippen LogP contribution in [0.5, 0.6) is 0 Å². The average Bonchev–Trinajstić information content (AvgIpc) is 3.69. The molecule has 5 rings (SSSR count). The van der Waals surface area contributed by atoms with Crippen LogP contribution in [-0.2, 0) is 18.9 Å². The molecular weight excluding hydrogens is 548 g/mol. The number of allylic oxidation sites excluding steroid dienone is 1. The van der Waals surface area contributed by atoms with Gasteiger partial charge < -0.3 is 43.1 Å². The Bertz CT molecular complexity index is 1300. The van der Waals surface area contributed by atoms with Crippen LogP contribution < -0.4 is 0 Å². The number of rotatable bonds is 9. The van der Waals surface area contributed by atoms with Crippen LogP contribution in [0, 0.1) is 17.3 Å². The first-order chi connectivity index (χ1) is 19.8. The fourth-order valence-electron chi connectivity index (χ4n) is 7.40. The van der Waals surface area contributed by atoms with Crippen LogP contribution in [-0.4, -0.2) is 75.1 Å². The van der Waals surface area contributed by atoms with Gasteiger partial charge >= 0.3 is 11.9 Å². The summed E-state index contributed by atoms with van der Waals surface area (Å²) in [5.41, 5.74) is -6.35. The highest BCUT2D eigenvalue weighted by atomic mass is 16.6. The van der Waals surface area contributed by atoms with E-state index < -0.39 is 71.1 Å². The van der Waals surface area contributed by atoms with Crippen molar-refractivity contribution in [3.05, 3.63) is 60.7 Å². The Hall–Kier alpha value is -3.12. The Morgan fingerprint density at radius 1 is 1.07 bits per heavy atom. The highest BCUT2D eigenvalue weighted by Crippen LogP contribution is 2.68. The van der Waals surface area contributed by atoms with Crippen LogP contribution in [0.15, 0.2) is 58.4 Å². The van der Waals surface area contributed by atoms with E-state index in [-0.39, 0.29) is 29.9 Å². The van der Waals surface area contributed by atoms with Gasteiger partial charge in [0.25, 0.3) is 0 Å². The molecule has 42 heavy (non-hydrogen) atoms. The monoisotopic (exact) mass is 588 g/mol. The number of furan rings is 2. The first-order valence-corrected chi connectivity index (χ1v) is 14.3. The fourth-order valence-corrected chi connectivity index (χ4v) is 7.40. The van der Waals surface area contributed by atoms with Crippen molar-refractivity contribution < 1.29 is 52.7 Å². The molecule has 1 aliphatic heterocycles. The summed E-state index contributed by atoms with van der Waals surface area (Å²) >= 11 is 0. The lowest BCUT2D eigenvalue weighted by atomic mass is 9.46. The van der Waals surface area contributed by atoms with Crippen LogP contribution in [0.25, 0.3) is 0 Å². The Morgan fingerprint density at radius 3 is 2.19 bits per heavy atom. The van der Waals surface area contributed by atoms with Crippen molar-refractivity contribution in [2.75, 3.05) is 6.61 Å². The van der Waals surface area contributed by atoms with Crippen LogP contribution in [0.1, 0.15) is 74.6 Å². The molecule has 11 heteroatoms. The third kappa shape index (κ3) is 4.32. The molecule has 2 aromatic heterocycles. The Kier molecular flexibility index (Phi) is 7.62. The summed E-state index contributed by atoms with van der Waals surface area (Å²) in [6.07, 6.45) is 0.742. The Morgan fingerprint density at radius 2 is 1.67 bits per heavy atom. The molecule has 2 aromatic rings. The van der Waals surface area contributed by atoms with Crippen LogP contribution >= 0.6 is 0 Å². The predicted octanol–water partition coefficient (Wildman–Crippen LogP) is 3.63. The molecule has 3 N–H and O–H groups in total. The fraction of sp³-hybridized carbons (Fsp3) is 0.613. The molecule has 3 heterocycles. The molecular formula is C31H40O11. The maximum absolute atomic E-state index is 13.4. The van der Waals surface area contributed by atoms with Crippen molar-refractivity contribution in [2.24, 2.45) is 17.3 Å². The SMILES string of the molecule is C=C(OC1C(OC(=O)c2ccoc2)CC(C)(O)C23OC(C)(C)C(CC(OC(=O)c4ccoc4)C12CO)C3O)C(C)CC. The molecule has 0 aromatic carbocycles. The largest absolute Gasteiger partial charge is 0.490 e. The quantitative estimate of drug-likeness (QED) is 0.290. The standard InChI is InChI=1S/C31H40O11/c1-7-17(2)18(3)39-25-22(40-26(34)19-8-10-37-14-19)13-29(6,36)31-24(33)21(28(4,5)42-31)12-23(30(25,31)16-32)41-27(35)20-9-11-38-15-20/h8-11,14-15,17,21-25,32-33,36H,3,7,12-13,16H2,1-2,4-6H3. The van der Waals surface area contributed by atoms with Gasteiger partial charge in [-0.3, -0.25) is 0 Å². The highest BCUT2D eigenvalue weighted by Gasteiger charge is 2.84. The van der Waals surface area contributed by atoms with Crippen molar-refractivity contribution in [3.63, 3.8) is 0 Å². The first-order valence-electron chi connectivity index (χ1n) is 14.3. The number of hydrogen-bond acceptors (Lipinski definition) is 11. The molecule has 2 bridgehead atoms. The molecule has 2 aliphatic carbocycles. The molecule has 9 unspecified atom stereocenters. The van der Waals surface area contributed by atoms with Gasteiger partial charge in [0.1, 0.15) is 41.9 Å². The Balaban J connectivity index is 1.70. The topological polar surface area (TPSA) is 158 Å². The number of carbonyl (C=O) groups is 2.